The molecule has 1 aromatic heterocycles. The first kappa shape index (κ1) is 15.3. The van der Waals surface area contributed by atoms with E-state index in [2.05, 4.69) is 5.10 Å². The fourth-order valence-corrected chi connectivity index (χ4v) is 4.17. The highest BCUT2D eigenvalue weighted by molar-refractivity contribution is 7.89. The lowest BCUT2D eigenvalue weighted by atomic mass is 9.83. The van der Waals surface area contributed by atoms with Gasteiger partial charge in [-0.15, -0.1) is 0 Å². The van der Waals surface area contributed by atoms with Crippen LogP contribution in [0.2, 0.25) is 0 Å². The zero-order valence-electron chi connectivity index (χ0n) is 11.9. The van der Waals surface area contributed by atoms with E-state index in [0.29, 0.717) is 12.4 Å². The predicted molar refractivity (Wildman–Crippen MR) is 76.8 cm³/mol. The SMILES string of the molecule is Cn1cc(OCC2(CS(N)(=O)=O)CCCCCC2)cn1. The van der Waals surface area contributed by atoms with Crippen molar-refractivity contribution >= 4 is 10.0 Å². The van der Waals surface area contributed by atoms with Gasteiger partial charge in [0.05, 0.1) is 24.8 Å². The summed E-state index contributed by atoms with van der Waals surface area (Å²) in [6.07, 6.45) is 9.49. The van der Waals surface area contributed by atoms with Crippen molar-refractivity contribution in [3.63, 3.8) is 0 Å². The molecule has 1 heterocycles. The minimum absolute atomic E-state index is 0.000260. The van der Waals surface area contributed by atoms with Crippen LogP contribution in [0.4, 0.5) is 0 Å². The zero-order chi connectivity index (χ0) is 14.6. The Morgan fingerprint density at radius 3 is 2.50 bits per heavy atom. The molecule has 0 amide bonds. The van der Waals surface area contributed by atoms with Gasteiger partial charge in [0.15, 0.2) is 5.75 Å². The van der Waals surface area contributed by atoms with E-state index in [0.717, 1.165) is 38.5 Å². The Labute approximate surface area is 120 Å². The molecule has 1 aliphatic rings. The molecule has 6 nitrogen and oxygen atoms in total. The number of nitrogens with zero attached hydrogens (tertiary/aromatic N) is 2. The second kappa shape index (κ2) is 6.13. The number of primary sulfonamides is 1. The molecule has 0 radical (unpaired) electrons. The fraction of sp³-hybridized carbons (Fsp3) is 0.769. The van der Waals surface area contributed by atoms with Crippen LogP contribution in [0.15, 0.2) is 12.4 Å². The quantitative estimate of drug-likeness (QED) is 0.833. The van der Waals surface area contributed by atoms with Gasteiger partial charge in [0.25, 0.3) is 0 Å². The van der Waals surface area contributed by atoms with Crippen molar-refractivity contribution in [2.45, 2.75) is 38.5 Å². The zero-order valence-corrected chi connectivity index (χ0v) is 12.7. The minimum Gasteiger partial charge on any atom is -0.490 e. The number of ether oxygens (including phenoxy) is 1. The van der Waals surface area contributed by atoms with E-state index >= 15 is 0 Å². The molecular formula is C13H23N3O3S. The van der Waals surface area contributed by atoms with E-state index in [1.54, 1.807) is 17.1 Å². The van der Waals surface area contributed by atoms with Crippen LogP contribution < -0.4 is 9.88 Å². The molecule has 0 bridgehead atoms. The second-order valence-electron chi connectivity index (χ2n) is 5.86. The van der Waals surface area contributed by atoms with Gasteiger partial charge in [-0.25, -0.2) is 13.6 Å². The van der Waals surface area contributed by atoms with Gasteiger partial charge in [-0.3, -0.25) is 4.68 Å². The van der Waals surface area contributed by atoms with E-state index in [1.807, 2.05) is 7.05 Å². The van der Waals surface area contributed by atoms with Crippen molar-refractivity contribution in [2.75, 3.05) is 12.4 Å². The van der Waals surface area contributed by atoms with Crippen LogP contribution in [-0.4, -0.2) is 30.6 Å². The van der Waals surface area contributed by atoms with Crippen LogP contribution in [0.5, 0.6) is 5.75 Å². The van der Waals surface area contributed by atoms with Crippen LogP contribution in [0.3, 0.4) is 0 Å². The Bertz CT molecular complexity index is 531. The molecule has 114 valence electrons. The molecular weight excluding hydrogens is 278 g/mol. The van der Waals surface area contributed by atoms with Crippen molar-refractivity contribution in [1.82, 2.24) is 9.78 Å². The third-order valence-electron chi connectivity index (χ3n) is 3.90. The van der Waals surface area contributed by atoms with Gasteiger partial charge >= 0.3 is 0 Å². The van der Waals surface area contributed by atoms with E-state index in [1.165, 1.54) is 0 Å². The Kier molecular flexibility index (Phi) is 4.70. The molecule has 0 atom stereocenters. The summed E-state index contributed by atoms with van der Waals surface area (Å²) < 4.78 is 30.5. The van der Waals surface area contributed by atoms with Crippen LogP contribution in [-0.2, 0) is 17.1 Å². The topological polar surface area (TPSA) is 87.2 Å². The Balaban J connectivity index is 2.08. The molecule has 1 fully saturated rings. The monoisotopic (exact) mass is 301 g/mol. The summed E-state index contributed by atoms with van der Waals surface area (Å²) in [4.78, 5) is 0. The average Bonchev–Trinajstić information content (AvgIpc) is 2.62. The first-order chi connectivity index (χ1) is 9.39. The molecule has 20 heavy (non-hydrogen) atoms. The fourth-order valence-electron chi connectivity index (χ4n) is 2.95. The smallest absolute Gasteiger partial charge is 0.209 e. The van der Waals surface area contributed by atoms with E-state index in [4.69, 9.17) is 9.88 Å². The molecule has 1 saturated carbocycles. The van der Waals surface area contributed by atoms with Gasteiger partial charge in [0.1, 0.15) is 0 Å². The van der Waals surface area contributed by atoms with E-state index in [9.17, 15) is 8.42 Å². The van der Waals surface area contributed by atoms with Crippen molar-refractivity contribution in [3.05, 3.63) is 12.4 Å². The molecule has 0 unspecified atom stereocenters. The number of aryl methyl sites for hydroxylation is 1. The summed E-state index contributed by atoms with van der Waals surface area (Å²) in [7, 11) is -1.68. The standard InChI is InChI=1S/C13H23N3O3S/c1-16-9-12(8-15-16)19-10-13(11-20(14,17)18)6-4-2-3-5-7-13/h8-9H,2-7,10-11H2,1H3,(H2,14,17,18). The summed E-state index contributed by atoms with van der Waals surface area (Å²) in [5.41, 5.74) is -0.361. The number of aromatic nitrogens is 2. The van der Waals surface area contributed by atoms with Gasteiger partial charge in [0, 0.05) is 12.5 Å². The Hall–Kier alpha value is -1.08. The molecule has 2 rings (SSSR count). The highest BCUT2D eigenvalue weighted by Gasteiger charge is 2.35. The largest absolute Gasteiger partial charge is 0.490 e. The average molecular weight is 301 g/mol. The molecule has 0 spiro atoms. The van der Waals surface area contributed by atoms with Crippen molar-refractivity contribution < 1.29 is 13.2 Å². The lowest BCUT2D eigenvalue weighted by molar-refractivity contribution is 0.146. The van der Waals surface area contributed by atoms with Crippen LogP contribution >= 0.6 is 0 Å². The number of hydrogen-bond donors (Lipinski definition) is 1. The number of nitrogens with two attached hydrogens (primary N) is 1. The molecule has 2 N–H and O–H groups in total. The molecule has 1 aromatic rings. The maximum Gasteiger partial charge on any atom is 0.209 e. The predicted octanol–water partition coefficient (Wildman–Crippen LogP) is 1.43. The number of hydrogen-bond acceptors (Lipinski definition) is 4. The Morgan fingerprint density at radius 2 is 2.00 bits per heavy atom. The van der Waals surface area contributed by atoms with Gasteiger partial charge in [-0.2, -0.15) is 5.10 Å². The first-order valence-corrected chi connectivity index (χ1v) is 8.72. The number of rotatable bonds is 5. The maximum absolute atomic E-state index is 11.5. The van der Waals surface area contributed by atoms with Gasteiger partial charge < -0.3 is 4.74 Å². The summed E-state index contributed by atoms with van der Waals surface area (Å²) in [5, 5.41) is 9.32. The third kappa shape index (κ3) is 4.49. The molecule has 1 aliphatic carbocycles. The van der Waals surface area contributed by atoms with Crippen LogP contribution in [0, 0.1) is 5.41 Å². The molecule has 0 aliphatic heterocycles. The summed E-state index contributed by atoms with van der Waals surface area (Å²) in [6.45, 7) is 0.384. The summed E-state index contributed by atoms with van der Waals surface area (Å²) in [5.74, 6) is 0.672. The van der Waals surface area contributed by atoms with Crippen molar-refractivity contribution in [1.29, 1.82) is 0 Å². The van der Waals surface area contributed by atoms with Gasteiger partial charge in [-0.1, -0.05) is 25.7 Å². The Morgan fingerprint density at radius 1 is 1.35 bits per heavy atom. The van der Waals surface area contributed by atoms with Crippen LogP contribution in [0.25, 0.3) is 0 Å². The molecule has 7 heteroatoms. The summed E-state index contributed by atoms with van der Waals surface area (Å²) in [6, 6.07) is 0. The number of sulfonamides is 1. The maximum atomic E-state index is 11.5. The third-order valence-corrected chi connectivity index (χ3v) is 4.91. The first-order valence-electron chi connectivity index (χ1n) is 7.01. The van der Waals surface area contributed by atoms with Gasteiger partial charge in [0.2, 0.25) is 10.0 Å². The minimum atomic E-state index is -3.50. The van der Waals surface area contributed by atoms with Crippen LogP contribution in [0.1, 0.15) is 38.5 Å². The highest BCUT2D eigenvalue weighted by atomic mass is 32.2. The van der Waals surface area contributed by atoms with E-state index < -0.39 is 10.0 Å². The van der Waals surface area contributed by atoms with Crippen molar-refractivity contribution in [2.24, 2.45) is 17.6 Å². The second-order valence-corrected chi connectivity index (χ2v) is 7.47. The van der Waals surface area contributed by atoms with Crippen molar-refractivity contribution in [3.8, 4) is 5.75 Å². The highest BCUT2D eigenvalue weighted by Crippen LogP contribution is 2.36. The molecule has 0 aromatic carbocycles. The molecule has 0 saturated heterocycles. The summed E-state index contributed by atoms with van der Waals surface area (Å²) >= 11 is 0. The normalized spacial score (nSPS) is 19.5. The van der Waals surface area contributed by atoms with E-state index in [-0.39, 0.29) is 11.2 Å². The van der Waals surface area contributed by atoms with Gasteiger partial charge in [-0.05, 0) is 12.8 Å². The lowest BCUT2D eigenvalue weighted by Gasteiger charge is -2.31. The lowest BCUT2D eigenvalue weighted by Crippen LogP contribution is -2.38.